The number of carbonyl (C=O) groups excluding carboxylic acids is 1. The molecule has 1 unspecified atom stereocenters. The summed E-state index contributed by atoms with van der Waals surface area (Å²) in [6, 6.07) is 17.0. The number of fused-ring (bicyclic) bond motifs is 1. The van der Waals surface area contributed by atoms with Crippen molar-refractivity contribution in [3.8, 4) is 5.75 Å². The second kappa shape index (κ2) is 8.03. The summed E-state index contributed by atoms with van der Waals surface area (Å²) in [7, 11) is -3.93. The first-order valence-electron chi connectivity index (χ1n) is 9.67. The predicted octanol–water partition coefficient (Wildman–Crippen LogP) is 4.04. The van der Waals surface area contributed by atoms with Crippen molar-refractivity contribution in [2.24, 2.45) is 0 Å². The smallest absolute Gasteiger partial charge is 0.267 e. The Hall–Kier alpha value is -3.39. The normalized spacial score (nSPS) is 15.7. The van der Waals surface area contributed by atoms with E-state index >= 15 is 0 Å². The van der Waals surface area contributed by atoms with Crippen molar-refractivity contribution in [2.45, 2.75) is 24.8 Å². The van der Waals surface area contributed by atoms with Crippen molar-refractivity contribution in [2.75, 3.05) is 16.2 Å². The summed E-state index contributed by atoms with van der Waals surface area (Å²) in [5, 5.41) is 2.65. The lowest BCUT2D eigenvalue weighted by Gasteiger charge is -2.35. The van der Waals surface area contributed by atoms with Gasteiger partial charge >= 0.3 is 0 Å². The molecule has 1 aliphatic heterocycles. The van der Waals surface area contributed by atoms with Crippen LogP contribution in [0.2, 0.25) is 0 Å². The van der Waals surface area contributed by atoms with Crippen molar-refractivity contribution >= 4 is 27.3 Å². The van der Waals surface area contributed by atoms with E-state index in [1.54, 1.807) is 42.5 Å². The molecule has 0 spiro atoms. The molecule has 1 atom stereocenters. The number of aryl methyl sites for hydroxylation is 2. The van der Waals surface area contributed by atoms with Gasteiger partial charge in [0.1, 0.15) is 11.6 Å². The molecule has 4 rings (SSSR count). The third-order valence-electron chi connectivity index (χ3n) is 5.00. The number of hydrogen-bond acceptors (Lipinski definition) is 4. The minimum absolute atomic E-state index is 0.130. The first kappa shape index (κ1) is 20.9. The zero-order valence-electron chi connectivity index (χ0n) is 17.0. The second-order valence-corrected chi connectivity index (χ2v) is 9.29. The quantitative estimate of drug-likeness (QED) is 0.665. The fraction of sp³-hybridized carbons (Fsp3) is 0.174. The maximum absolute atomic E-state index is 13.4. The highest BCUT2D eigenvalue weighted by molar-refractivity contribution is 7.92. The molecular formula is C23H21FN2O4S. The van der Waals surface area contributed by atoms with Gasteiger partial charge in [0.25, 0.3) is 15.9 Å². The van der Waals surface area contributed by atoms with Gasteiger partial charge in [-0.3, -0.25) is 9.10 Å². The van der Waals surface area contributed by atoms with E-state index in [2.05, 4.69) is 5.32 Å². The van der Waals surface area contributed by atoms with Gasteiger partial charge in [-0.25, -0.2) is 12.8 Å². The molecule has 0 fully saturated rings. The Bertz CT molecular complexity index is 1230. The molecule has 0 aromatic heterocycles. The number of rotatable bonds is 4. The van der Waals surface area contributed by atoms with E-state index < -0.39 is 27.9 Å². The Balaban J connectivity index is 1.69. The first-order chi connectivity index (χ1) is 14.7. The van der Waals surface area contributed by atoms with Crippen molar-refractivity contribution < 1.29 is 22.3 Å². The fourth-order valence-electron chi connectivity index (χ4n) is 3.32. The molecule has 160 valence electrons. The van der Waals surface area contributed by atoms with Crippen molar-refractivity contribution in [3.63, 3.8) is 0 Å². The molecule has 0 saturated heterocycles. The molecule has 1 heterocycles. The second-order valence-electron chi connectivity index (χ2n) is 7.42. The molecular weight excluding hydrogens is 419 g/mol. The van der Waals surface area contributed by atoms with Crippen molar-refractivity contribution in [1.29, 1.82) is 0 Å². The van der Waals surface area contributed by atoms with Crippen LogP contribution in [0.1, 0.15) is 11.1 Å². The number of sulfonamides is 1. The molecule has 1 N–H and O–H groups in total. The molecule has 0 saturated carbocycles. The van der Waals surface area contributed by atoms with Gasteiger partial charge in [0.15, 0.2) is 6.10 Å². The Morgan fingerprint density at radius 3 is 2.32 bits per heavy atom. The van der Waals surface area contributed by atoms with Gasteiger partial charge in [0.05, 0.1) is 17.1 Å². The number of halogens is 1. The number of benzene rings is 3. The lowest BCUT2D eigenvalue weighted by Crippen LogP contribution is -2.48. The Labute approximate surface area is 180 Å². The number of hydrogen-bond donors (Lipinski definition) is 1. The maximum atomic E-state index is 13.4. The van der Waals surface area contributed by atoms with Gasteiger partial charge < -0.3 is 10.1 Å². The molecule has 3 aromatic rings. The highest BCUT2D eigenvalue weighted by Crippen LogP contribution is 2.38. The minimum atomic E-state index is -3.93. The standard InChI is InChI=1S/C23H21FN2O4S/c1-15-3-10-19(11-4-15)31(28,29)26-14-22(30-21-12-5-16(2)13-20(21)26)23(27)25-18-8-6-17(24)7-9-18/h3-13,22H,14H2,1-2H3,(H,25,27). The van der Waals surface area contributed by atoms with Gasteiger partial charge in [0, 0.05) is 5.69 Å². The summed E-state index contributed by atoms with van der Waals surface area (Å²) in [5.74, 6) is -0.652. The third kappa shape index (κ3) is 4.25. The summed E-state index contributed by atoms with van der Waals surface area (Å²) in [6.45, 7) is 3.53. The van der Waals surface area contributed by atoms with Gasteiger partial charge in [0.2, 0.25) is 0 Å². The zero-order valence-corrected chi connectivity index (χ0v) is 17.8. The van der Waals surface area contributed by atoms with E-state index in [4.69, 9.17) is 4.74 Å². The molecule has 0 radical (unpaired) electrons. The lowest BCUT2D eigenvalue weighted by molar-refractivity contribution is -0.122. The SMILES string of the molecule is Cc1ccc(S(=O)(=O)N2CC(C(=O)Nc3ccc(F)cc3)Oc3ccc(C)cc32)cc1. The van der Waals surface area contributed by atoms with E-state index in [0.717, 1.165) is 11.1 Å². The summed E-state index contributed by atoms with van der Waals surface area (Å²) in [5.41, 5.74) is 2.57. The van der Waals surface area contributed by atoms with Crippen molar-refractivity contribution in [3.05, 3.63) is 83.7 Å². The van der Waals surface area contributed by atoms with Crippen LogP contribution in [0.3, 0.4) is 0 Å². The number of amides is 1. The number of anilines is 2. The van der Waals surface area contributed by atoms with Crippen LogP contribution in [0, 0.1) is 19.7 Å². The number of ether oxygens (including phenoxy) is 1. The molecule has 8 heteroatoms. The van der Waals surface area contributed by atoms with Crippen LogP contribution in [0.4, 0.5) is 15.8 Å². The van der Waals surface area contributed by atoms with E-state index in [1.807, 2.05) is 13.8 Å². The highest BCUT2D eigenvalue weighted by Gasteiger charge is 2.37. The van der Waals surface area contributed by atoms with E-state index in [-0.39, 0.29) is 11.4 Å². The average Bonchev–Trinajstić information content (AvgIpc) is 2.74. The number of carbonyl (C=O) groups is 1. The first-order valence-corrected chi connectivity index (χ1v) is 11.1. The van der Waals surface area contributed by atoms with E-state index in [1.165, 1.54) is 28.6 Å². The molecule has 1 amide bonds. The van der Waals surface area contributed by atoms with Crippen LogP contribution >= 0.6 is 0 Å². The molecule has 0 aliphatic carbocycles. The lowest BCUT2D eigenvalue weighted by atomic mass is 10.1. The van der Waals surface area contributed by atoms with Gasteiger partial charge in [-0.05, 0) is 67.9 Å². The van der Waals surface area contributed by atoms with E-state index in [9.17, 15) is 17.6 Å². The highest BCUT2D eigenvalue weighted by atomic mass is 32.2. The van der Waals surface area contributed by atoms with Crippen LogP contribution in [0.25, 0.3) is 0 Å². The Kier molecular flexibility index (Phi) is 5.41. The van der Waals surface area contributed by atoms with Crippen molar-refractivity contribution in [1.82, 2.24) is 0 Å². The van der Waals surface area contributed by atoms with Gasteiger partial charge in [-0.1, -0.05) is 23.8 Å². The summed E-state index contributed by atoms with van der Waals surface area (Å²) >= 11 is 0. The Morgan fingerprint density at radius 1 is 1.00 bits per heavy atom. The van der Waals surface area contributed by atoms with E-state index in [0.29, 0.717) is 17.1 Å². The number of nitrogens with zero attached hydrogens (tertiary/aromatic N) is 1. The van der Waals surface area contributed by atoms with Crippen LogP contribution in [0.15, 0.2) is 71.6 Å². The summed E-state index contributed by atoms with van der Waals surface area (Å²) in [6.07, 6.45) is -1.08. The predicted molar refractivity (Wildman–Crippen MR) is 116 cm³/mol. The van der Waals surface area contributed by atoms with Crippen LogP contribution in [-0.2, 0) is 14.8 Å². The van der Waals surface area contributed by atoms with Crippen LogP contribution in [-0.4, -0.2) is 27.0 Å². The molecule has 0 bridgehead atoms. The molecule has 6 nitrogen and oxygen atoms in total. The molecule has 31 heavy (non-hydrogen) atoms. The van der Waals surface area contributed by atoms with Gasteiger partial charge in [-0.15, -0.1) is 0 Å². The minimum Gasteiger partial charge on any atom is -0.476 e. The largest absolute Gasteiger partial charge is 0.476 e. The zero-order chi connectivity index (χ0) is 22.2. The maximum Gasteiger partial charge on any atom is 0.267 e. The third-order valence-corrected chi connectivity index (χ3v) is 6.79. The average molecular weight is 440 g/mol. The van der Waals surface area contributed by atoms with Crippen LogP contribution in [0.5, 0.6) is 5.75 Å². The number of nitrogens with one attached hydrogen (secondary N) is 1. The molecule has 1 aliphatic rings. The fourth-order valence-corrected chi connectivity index (χ4v) is 4.79. The Morgan fingerprint density at radius 2 is 1.65 bits per heavy atom. The monoisotopic (exact) mass is 440 g/mol. The molecule has 3 aromatic carbocycles. The summed E-state index contributed by atoms with van der Waals surface area (Å²) < 4.78 is 47.0. The van der Waals surface area contributed by atoms with Gasteiger partial charge in [-0.2, -0.15) is 0 Å². The topological polar surface area (TPSA) is 75.7 Å². The summed E-state index contributed by atoms with van der Waals surface area (Å²) in [4.78, 5) is 13.0. The van der Waals surface area contributed by atoms with Crippen LogP contribution < -0.4 is 14.4 Å².